The van der Waals surface area contributed by atoms with Crippen molar-refractivity contribution < 1.29 is 4.74 Å². The van der Waals surface area contributed by atoms with Crippen LogP contribution in [0.25, 0.3) is 22.2 Å². The topological polar surface area (TPSA) is 52.3 Å². The Hall–Kier alpha value is -2.45. The molecule has 0 spiro atoms. The van der Waals surface area contributed by atoms with Gasteiger partial charge in [-0.2, -0.15) is 0 Å². The van der Waals surface area contributed by atoms with Crippen LogP contribution in [0.3, 0.4) is 0 Å². The van der Waals surface area contributed by atoms with Crippen molar-refractivity contribution in [1.82, 2.24) is 13.5 Å². The summed E-state index contributed by atoms with van der Waals surface area (Å²) in [6.07, 6.45) is 7.92. The minimum absolute atomic E-state index is 0.0982. The fraction of sp³-hybridized carbons (Fsp3) is 0.280. The van der Waals surface area contributed by atoms with E-state index in [0.717, 1.165) is 59.5 Å². The molecule has 0 aliphatic carbocycles. The Morgan fingerprint density at radius 2 is 1.85 bits per heavy atom. The predicted octanol–water partition coefficient (Wildman–Crippen LogP) is 5.28. The van der Waals surface area contributed by atoms with E-state index in [2.05, 4.69) is 23.8 Å². The number of anilines is 1. The number of halogens is 2. The van der Waals surface area contributed by atoms with Crippen LogP contribution in [-0.4, -0.2) is 38.8 Å². The quantitative estimate of drug-likeness (QED) is 0.378. The van der Waals surface area contributed by atoms with Crippen molar-refractivity contribution in [2.45, 2.75) is 31.5 Å². The van der Waals surface area contributed by atoms with Gasteiger partial charge in [0.15, 0.2) is 5.65 Å². The van der Waals surface area contributed by atoms with Gasteiger partial charge in [-0.15, -0.1) is 0 Å². The third-order valence-corrected chi connectivity index (χ3v) is 7.84. The van der Waals surface area contributed by atoms with Crippen molar-refractivity contribution in [1.29, 1.82) is 0 Å². The Morgan fingerprint density at radius 3 is 2.59 bits per heavy atom. The van der Waals surface area contributed by atoms with E-state index in [-0.39, 0.29) is 5.56 Å². The number of fused-ring (bicyclic) bond motifs is 3. The van der Waals surface area contributed by atoms with Crippen LogP contribution < -0.4 is 10.5 Å². The summed E-state index contributed by atoms with van der Waals surface area (Å²) < 4.78 is 9.11. The van der Waals surface area contributed by atoms with Crippen LogP contribution in [0.15, 0.2) is 59.8 Å². The van der Waals surface area contributed by atoms with Crippen molar-refractivity contribution in [2.75, 3.05) is 18.1 Å². The summed E-state index contributed by atoms with van der Waals surface area (Å²) in [6, 6.07) is 12.0. The Bertz CT molecular complexity index is 1450. The molecular formula is C25H22Cl2N4O2S. The summed E-state index contributed by atoms with van der Waals surface area (Å²) >= 11 is 16.7. The van der Waals surface area contributed by atoms with Gasteiger partial charge in [0.1, 0.15) is 0 Å². The maximum Gasteiger partial charge on any atom is 0.251 e. The zero-order valence-electron chi connectivity index (χ0n) is 18.2. The highest BCUT2D eigenvalue weighted by atomic mass is 35.5. The first kappa shape index (κ1) is 22.0. The largest absolute Gasteiger partial charge is 0.377 e. The van der Waals surface area contributed by atoms with Crippen LogP contribution in [0.5, 0.6) is 0 Å². The van der Waals surface area contributed by atoms with Gasteiger partial charge in [0.05, 0.1) is 53.8 Å². The van der Waals surface area contributed by atoms with Crippen molar-refractivity contribution in [2.24, 2.45) is 0 Å². The van der Waals surface area contributed by atoms with Crippen LogP contribution in [-0.2, 0) is 11.3 Å². The lowest BCUT2D eigenvalue weighted by Crippen LogP contribution is -2.45. The Labute approximate surface area is 212 Å². The van der Waals surface area contributed by atoms with Crippen molar-refractivity contribution in [3.63, 3.8) is 0 Å². The molecule has 0 saturated carbocycles. The van der Waals surface area contributed by atoms with E-state index in [1.807, 2.05) is 24.5 Å². The van der Waals surface area contributed by atoms with Crippen molar-refractivity contribution >= 4 is 52.7 Å². The molecule has 2 bridgehead atoms. The molecule has 9 heteroatoms. The molecule has 0 radical (unpaired) electrons. The summed E-state index contributed by atoms with van der Waals surface area (Å²) in [6.45, 7) is 1.92. The van der Waals surface area contributed by atoms with Crippen LogP contribution in [0.2, 0.25) is 10.0 Å². The first-order valence-electron chi connectivity index (χ1n) is 11.2. The number of thiol groups is 1. The van der Waals surface area contributed by atoms with E-state index in [4.69, 9.17) is 32.9 Å². The van der Waals surface area contributed by atoms with Gasteiger partial charge in [-0.25, -0.2) is 4.98 Å². The molecular weight excluding hydrogens is 491 g/mol. The van der Waals surface area contributed by atoms with Crippen LogP contribution in [0.1, 0.15) is 18.4 Å². The second-order valence-electron chi connectivity index (χ2n) is 8.91. The van der Waals surface area contributed by atoms with Crippen molar-refractivity contribution in [3.05, 3.63) is 81.0 Å². The molecule has 1 aromatic carbocycles. The molecule has 0 N–H and O–H groups in total. The van der Waals surface area contributed by atoms with Gasteiger partial charge >= 0.3 is 0 Å². The Kier molecular flexibility index (Phi) is 5.60. The van der Waals surface area contributed by atoms with E-state index in [1.54, 1.807) is 32.9 Å². The molecule has 2 saturated heterocycles. The summed E-state index contributed by atoms with van der Waals surface area (Å²) in [7, 11) is 0. The zero-order chi connectivity index (χ0) is 23.4. The lowest BCUT2D eigenvalue weighted by molar-refractivity contribution is 0.0906. The molecule has 2 aliphatic heterocycles. The maximum atomic E-state index is 13.0. The number of hydrogen-bond donors (Lipinski definition) is 1. The molecule has 174 valence electrons. The molecule has 2 aliphatic rings. The third kappa shape index (κ3) is 3.81. The fourth-order valence-corrected chi connectivity index (χ4v) is 5.74. The number of ether oxygens (including phenoxy) is 1. The molecule has 6 rings (SSSR count). The highest BCUT2D eigenvalue weighted by molar-refractivity contribution is 7.78. The number of rotatable bonds is 4. The summed E-state index contributed by atoms with van der Waals surface area (Å²) in [4.78, 5) is 20.1. The number of nitrogens with zero attached hydrogens (tertiary/aromatic N) is 4. The monoisotopic (exact) mass is 512 g/mol. The van der Waals surface area contributed by atoms with Crippen LogP contribution in [0, 0.1) is 0 Å². The average molecular weight is 513 g/mol. The first-order chi connectivity index (χ1) is 16.5. The Balaban J connectivity index is 1.36. The highest BCUT2D eigenvalue weighted by Gasteiger charge is 2.37. The number of benzene rings is 1. The molecule has 5 heterocycles. The summed E-state index contributed by atoms with van der Waals surface area (Å²) in [5, 5.41) is 1.94. The Morgan fingerprint density at radius 1 is 1.06 bits per heavy atom. The van der Waals surface area contributed by atoms with E-state index in [9.17, 15) is 4.79 Å². The number of hydrogen-bond acceptors (Lipinski definition) is 5. The molecule has 34 heavy (non-hydrogen) atoms. The average Bonchev–Trinajstić information content (AvgIpc) is 3.29. The van der Waals surface area contributed by atoms with Gasteiger partial charge in [0.2, 0.25) is 0 Å². The van der Waals surface area contributed by atoms with Gasteiger partial charge in [-0.3, -0.25) is 8.77 Å². The van der Waals surface area contributed by atoms with Crippen molar-refractivity contribution in [3.8, 4) is 11.1 Å². The molecule has 6 nitrogen and oxygen atoms in total. The smallest absolute Gasteiger partial charge is 0.251 e. The minimum Gasteiger partial charge on any atom is -0.377 e. The lowest BCUT2D eigenvalue weighted by Gasteiger charge is -2.36. The van der Waals surface area contributed by atoms with Crippen LogP contribution in [0.4, 0.5) is 5.69 Å². The van der Waals surface area contributed by atoms with Gasteiger partial charge in [0.25, 0.3) is 5.56 Å². The third-order valence-electron chi connectivity index (χ3n) is 6.79. The van der Waals surface area contributed by atoms with E-state index < -0.39 is 0 Å². The second kappa shape index (κ2) is 8.64. The molecule has 0 amide bonds. The SMILES string of the molecule is O=c1cc(-c2cn(S)c3ncc(N4C5CCC4COC5)cc23)ccn1Cc1ccc(Cl)c(Cl)c1. The number of pyridine rings is 2. The summed E-state index contributed by atoms with van der Waals surface area (Å²) in [5.41, 5.74) is 4.43. The molecule has 2 atom stereocenters. The molecule has 3 aromatic heterocycles. The van der Waals surface area contributed by atoms with Gasteiger partial charge in [0, 0.05) is 29.4 Å². The van der Waals surface area contributed by atoms with E-state index in [1.165, 1.54) is 0 Å². The van der Waals surface area contributed by atoms with Gasteiger partial charge in [-0.1, -0.05) is 42.1 Å². The molecule has 2 unspecified atom stereocenters. The highest BCUT2D eigenvalue weighted by Crippen LogP contribution is 2.37. The number of aromatic nitrogens is 3. The van der Waals surface area contributed by atoms with Gasteiger partial charge < -0.3 is 14.2 Å². The lowest BCUT2D eigenvalue weighted by atomic mass is 10.1. The van der Waals surface area contributed by atoms with E-state index in [0.29, 0.717) is 28.7 Å². The number of morpholine rings is 1. The van der Waals surface area contributed by atoms with Gasteiger partial charge in [-0.05, 0) is 48.2 Å². The first-order valence-corrected chi connectivity index (χ1v) is 12.3. The molecule has 2 fully saturated rings. The normalized spacial score (nSPS) is 19.8. The molecule has 4 aromatic rings. The standard InChI is InChI=1S/C25H22Cl2N4O2S/c26-22-4-1-15(7-23(22)27)11-29-6-5-16(8-24(29)32)21-12-30(34)25-20(21)9-19(10-28-25)31-17-2-3-18(31)14-33-13-17/h1,4-10,12,17-18,34H,2-3,11,13-14H2. The predicted molar refractivity (Wildman–Crippen MR) is 139 cm³/mol. The fourth-order valence-electron chi connectivity index (χ4n) is 5.14. The van der Waals surface area contributed by atoms with Crippen LogP contribution >= 0.6 is 36.0 Å². The summed E-state index contributed by atoms with van der Waals surface area (Å²) in [5.74, 6) is 0. The second-order valence-corrected chi connectivity index (χ2v) is 10.2. The maximum absolute atomic E-state index is 13.0. The van der Waals surface area contributed by atoms with E-state index >= 15 is 0 Å². The minimum atomic E-state index is -0.0982. The zero-order valence-corrected chi connectivity index (χ0v) is 20.6.